The second kappa shape index (κ2) is 13.5. The molecule has 0 aliphatic heterocycles. The molecule has 1 rings (SSSR count). The van der Waals surface area contributed by atoms with Gasteiger partial charge in [-0.2, -0.15) is 0 Å². The molecule has 0 bridgehead atoms. The summed E-state index contributed by atoms with van der Waals surface area (Å²) in [6.45, 7) is 2.11. The fourth-order valence-electron chi connectivity index (χ4n) is 3.35. The van der Waals surface area contributed by atoms with Crippen LogP contribution in [0.1, 0.15) is 51.9 Å². The Morgan fingerprint density at radius 3 is 2.30 bits per heavy atom. The van der Waals surface area contributed by atoms with Gasteiger partial charge >= 0.3 is 5.97 Å². The van der Waals surface area contributed by atoms with E-state index in [1.54, 1.807) is 12.2 Å². The van der Waals surface area contributed by atoms with Crippen molar-refractivity contribution in [3.63, 3.8) is 0 Å². The zero-order valence-electron chi connectivity index (χ0n) is 16.2. The van der Waals surface area contributed by atoms with Crippen molar-refractivity contribution in [2.75, 3.05) is 0 Å². The number of hydrogen-bond donors (Lipinski definition) is 4. The van der Waals surface area contributed by atoms with Crippen molar-refractivity contribution < 1.29 is 25.2 Å². The Morgan fingerprint density at radius 1 is 1.04 bits per heavy atom. The van der Waals surface area contributed by atoms with Crippen LogP contribution in [-0.4, -0.2) is 44.7 Å². The smallest absolute Gasteiger partial charge is 0.303 e. The Bertz CT molecular complexity index is 535. The maximum Gasteiger partial charge on any atom is 0.303 e. The zero-order valence-corrected chi connectivity index (χ0v) is 16.2. The predicted octanol–water partition coefficient (Wildman–Crippen LogP) is 3.38. The van der Waals surface area contributed by atoms with Crippen molar-refractivity contribution in [3.05, 3.63) is 48.6 Å². The Balaban J connectivity index is 2.39. The van der Waals surface area contributed by atoms with E-state index in [1.807, 2.05) is 12.2 Å². The Hall–Kier alpha value is -1.69. The second-order valence-electron chi connectivity index (χ2n) is 7.03. The van der Waals surface area contributed by atoms with Crippen molar-refractivity contribution >= 4 is 5.97 Å². The van der Waals surface area contributed by atoms with Gasteiger partial charge in [0.25, 0.3) is 0 Å². The molecule has 0 spiro atoms. The maximum atomic E-state index is 10.8. The van der Waals surface area contributed by atoms with E-state index in [0.29, 0.717) is 12.8 Å². The van der Waals surface area contributed by atoms with Gasteiger partial charge in [-0.25, -0.2) is 0 Å². The highest BCUT2D eigenvalue weighted by atomic mass is 16.4. The third-order valence-electron chi connectivity index (χ3n) is 4.82. The number of aliphatic hydroxyl groups excluding tert-OH is 3. The molecule has 27 heavy (non-hydrogen) atoms. The molecular weight excluding hydrogens is 344 g/mol. The Kier molecular flexibility index (Phi) is 11.7. The number of allylic oxidation sites excluding steroid dienone is 5. The standard InChI is InChI=1S/C22H34O5/c1-2-3-4-5-6-7-8-9-10-11-17(23)12-13-18-19(14-15-22(26)27)21(25)16-20(18)24/h3-4,6-7,9-10,12-13,17-21,23-25H,2,5,8,11,14-16H2,1H3,(H,26,27)/b4-3-,7-6+,10-9-,13-12+/t17-,18+,19-,20-,21+/m0/s1. The highest BCUT2D eigenvalue weighted by molar-refractivity contribution is 5.66. The molecule has 0 radical (unpaired) electrons. The summed E-state index contributed by atoms with van der Waals surface area (Å²) in [6, 6.07) is 0. The van der Waals surface area contributed by atoms with Gasteiger partial charge in [0.1, 0.15) is 0 Å². The van der Waals surface area contributed by atoms with Crippen LogP contribution in [0.2, 0.25) is 0 Å². The molecule has 0 aromatic rings. The molecule has 5 atom stereocenters. The van der Waals surface area contributed by atoms with Gasteiger partial charge in [-0.05, 0) is 38.0 Å². The topological polar surface area (TPSA) is 98.0 Å². The molecule has 4 N–H and O–H groups in total. The molecular formula is C22H34O5. The normalized spacial score (nSPS) is 27.6. The van der Waals surface area contributed by atoms with Crippen LogP contribution >= 0.6 is 0 Å². The zero-order chi connectivity index (χ0) is 20.1. The molecule has 5 heteroatoms. The summed E-state index contributed by atoms with van der Waals surface area (Å²) in [5, 5.41) is 39.0. The van der Waals surface area contributed by atoms with Crippen LogP contribution in [0.3, 0.4) is 0 Å². The van der Waals surface area contributed by atoms with E-state index >= 15 is 0 Å². The number of aliphatic hydroxyl groups is 3. The summed E-state index contributed by atoms with van der Waals surface area (Å²) in [6.07, 6.45) is 17.5. The molecule has 0 saturated heterocycles. The minimum atomic E-state index is -0.910. The lowest BCUT2D eigenvalue weighted by Crippen LogP contribution is -2.22. The van der Waals surface area contributed by atoms with Crippen LogP contribution in [0.5, 0.6) is 0 Å². The van der Waals surface area contributed by atoms with Gasteiger partial charge in [0.2, 0.25) is 0 Å². The van der Waals surface area contributed by atoms with Gasteiger partial charge < -0.3 is 20.4 Å². The average Bonchev–Trinajstić information content (AvgIpc) is 2.89. The number of aliphatic carboxylic acids is 1. The first kappa shape index (κ1) is 23.3. The number of carboxylic acids is 1. The molecule has 0 aromatic heterocycles. The monoisotopic (exact) mass is 378 g/mol. The summed E-state index contributed by atoms with van der Waals surface area (Å²) < 4.78 is 0. The largest absolute Gasteiger partial charge is 0.481 e. The van der Waals surface area contributed by atoms with E-state index in [1.165, 1.54) is 0 Å². The number of carboxylic acid groups (broad SMARTS) is 1. The van der Waals surface area contributed by atoms with E-state index in [4.69, 9.17) is 5.11 Å². The first-order valence-electron chi connectivity index (χ1n) is 9.85. The summed E-state index contributed by atoms with van der Waals surface area (Å²) in [4.78, 5) is 10.8. The Morgan fingerprint density at radius 2 is 1.67 bits per heavy atom. The van der Waals surface area contributed by atoms with Crippen molar-refractivity contribution in [1.29, 1.82) is 0 Å². The lowest BCUT2D eigenvalue weighted by molar-refractivity contribution is -0.137. The van der Waals surface area contributed by atoms with Crippen molar-refractivity contribution in [3.8, 4) is 0 Å². The molecule has 152 valence electrons. The van der Waals surface area contributed by atoms with Gasteiger partial charge in [0, 0.05) is 18.8 Å². The number of hydrogen-bond acceptors (Lipinski definition) is 4. The highest BCUT2D eigenvalue weighted by Gasteiger charge is 2.40. The van der Waals surface area contributed by atoms with Gasteiger partial charge in [0.15, 0.2) is 0 Å². The first-order valence-corrected chi connectivity index (χ1v) is 9.85. The molecule has 5 nitrogen and oxygen atoms in total. The predicted molar refractivity (Wildman–Crippen MR) is 107 cm³/mol. The van der Waals surface area contributed by atoms with E-state index in [9.17, 15) is 20.1 Å². The van der Waals surface area contributed by atoms with Gasteiger partial charge in [0.05, 0.1) is 18.3 Å². The van der Waals surface area contributed by atoms with Crippen molar-refractivity contribution in [2.24, 2.45) is 11.8 Å². The molecule has 0 unspecified atom stereocenters. The SMILES string of the molecule is CC/C=C\C/C=C/C/C=C\C[C@H](O)/C=C/[C@@H]1[C@H](CCC(=O)O)[C@H](O)C[C@@H]1O. The van der Waals surface area contributed by atoms with Crippen molar-refractivity contribution in [1.82, 2.24) is 0 Å². The lowest BCUT2D eigenvalue weighted by Gasteiger charge is -2.20. The molecule has 0 amide bonds. The summed E-state index contributed by atoms with van der Waals surface area (Å²) in [5.41, 5.74) is 0. The summed E-state index contributed by atoms with van der Waals surface area (Å²) in [7, 11) is 0. The van der Waals surface area contributed by atoms with Crippen LogP contribution in [-0.2, 0) is 4.79 Å². The summed E-state index contributed by atoms with van der Waals surface area (Å²) in [5.74, 6) is -1.52. The molecule has 0 heterocycles. The van der Waals surface area contributed by atoms with Crippen LogP contribution in [0, 0.1) is 11.8 Å². The van der Waals surface area contributed by atoms with E-state index in [-0.39, 0.29) is 24.7 Å². The van der Waals surface area contributed by atoms with E-state index in [0.717, 1.165) is 19.3 Å². The first-order chi connectivity index (χ1) is 13.0. The molecule has 1 aliphatic rings. The third kappa shape index (κ3) is 9.70. The molecule has 1 fully saturated rings. The van der Waals surface area contributed by atoms with Gasteiger partial charge in [-0.15, -0.1) is 0 Å². The third-order valence-corrected chi connectivity index (χ3v) is 4.82. The fraction of sp³-hybridized carbons (Fsp3) is 0.591. The van der Waals surface area contributed by atoms with Gasteiger partial charge in [-0.3, -0.25) is 4.79 Å². The number of rotatable bonds is 12. The molecule has 0 aromatic carbocycles. The van der Waals surface area contributed by atoms with Crippen LogP contribution in [0.15, 0.2) is 48.6 Å². The van der Waals surface area contributed by atoms with Crippen LogP contribution in [0.4, 0.5) is 0 Å². The second-order valence-corrected chi connectivity index (χ2v) is 7.03. The van der Waals surface area contributed by atoms with Gasteiger partial charge in [-0.1, -0.05) is 55.5 Å². The molecule has 1 aliphatic carbocycles. The lowest BCUT2D eigenvalue weighted by atomic mass is 9.88. The number of carbonyl (C=O) groups is 1. The van der Waals surface area contributed by atoms with Crippen molar-refractivity contribution in [2.45, 2.75) is 70.2 Å². The van der Waals surface area contributed by atoms with E-state index < -0.39 is 24.3 Å². The Labute approximate surface area is 162 Å². The average molecular weight is 379 g/mol. The molecule has 1 saturated carbocycles. The quantitative estimate of drug-likeness (QED) is 0.390. The highest BCUT2D eigenvalue weighted by Crippen LogP contribution is 2.36. The minimum Gasteiger partial charge on any atom is -0.481 e. The summed E-state index contributed by atoms with van der Waals surface area (Å²) >= 11 is 0. The minimum absolute atomic E-state index is 0.0359. The van der Waals surface area contributed by atoms with Crippen LogP contribution in [0.25, 0.3) is 0 Å². The maximum absolute atomic E-state index is 10.8. The van der Waals surface area contributed by atoms with Crippen LogP contribution < -0.4 is 0 Å². The van der Waals surface area contributed by atoms with E-state index in [2.05, 4.69) is 31.2 Å². The fourth-order valence-corrected chi connectivity index (χ4v) is 3.35.